The third-order valence-corrected chi connectivity index (χ3v) is 4.13. The van der Waals surface area contributed by atoms with Crippen LogP contribution in [-0.2, 0) is 0 Å². The SMILES string of the molecule is CCSCC(C)NC1=NC(C)CCS1. The molecular formula is C10H20N2S2. The number of hydrogen-bond acceptors (Lipinski definition) is 4. The molecule has 0 fully saturated rings. The predicted octanol–water partition coefficient (Wildman–Crippen LogP) is 2.60. The average Bonchev–Trinajstić information content (AvgIpc) is 2.15. The van der Waals surface area contributed by atoms with Crippen LogP contribution in [0.4, 0.5) is 0 Å². The third kappa shape index (κ3) is 4.60. The summed E-state index contributed by atoms with van der Waals surface area (Å²) in [5.41, 5.74) is 0. The van der Waals surface area contributed by atoms with Gasteiger partial charge in [0, 0.05) is 17.5 Å². The van der Waals surface area contributed by atoms with Crippen molar-refractivity contribution in [3.8, 4) is 0 Å². The smallest absolute Gasteiger partial charge is 0.157 e. The van der Waals surface area contributed by atoms with E-state index >= 15 is 0 Å². The Balaban J connectivity index is 2.28. The number of thioether (sulfide) groups is 2. The van der Waals surface area contributed by atoms with Crippen molar-refractivity contribution in [2.45, 2.75) is 39.3 Å². The van der Waals surface area contributed by atoms with Crippen molar-refractivity contribution in [2.75, 3.05) is 17.3 Å². The number of nitrogens with one attached hydrogen (secondary N) is 1. The molecule has 2 atom stereocenters. The van der Waals surface area contributed by atoms with Crippen LogP contribution in [0.5, 0.6) is 0 Å². The van der Waals surface area contributed by atoms with Gasteiger partial charge in [-0.3, -0.25) is 4.99 Å². The first-order valence-electron chi connectivity index (χ1n) is 5.27. The highest BCUT2D eigenvalue weighted by Gasteiger charge is 2.13. The topological polar surface area (TPSA) is 24.4 Å². The summed E-state index contributed by atoms with van der Waals surface area (Å²) in [6, 6.07) is 1.04. The largest absolute Gasteiger partial charge is 0.362 e. The van der Waals surface area contributed by atoms with Crippen LogP contribution in [0.3, 0.4) is 0 Å². The molecule has 0 aromatic rings. The summed E-state index contributed by atoms with van der Waals surface area (Å²) in [4.78, 5) is 4.59. The molecule has 0 amide bonds. The Bertz CT molecular complexity index is 195. The highest BCUT2D eigenvalue weighted by atomic mass is 32.2. The van der Waals surface area contributed by atoms with E-state index in [1.165, 1.54) is 23.7 Å². The van der Waals surface area contributed by atoms with Crippen molar-refractivity contribution in [3.05, 3.63) is 0 Å². The summed E-state index contributed by atoms with van der Waals surface area (Å²) in [5.74, 6) is 3.58. The van der Waals surface area contributed by atoms with Gasteiger partial charge in [-0.1, -0.05) is 18.7 Å². The molecule has 0 saturated heterocycles. The Labute approximate surface area is 95.7 Å². The molecule has 0 aromatic carbocycles. The summed E-state index contributed by atoms with van der Waals surface area (Å²) in [7, 11) is 0. The van der Waals surface area contributed by atoms with Crippen LogP contribution >= 0.6 is 23.5 Å². The fourth-order valence-electron chi connectivity index (χ4n) is 1.25. The predicted molar refractivity (Wildman–Crippen MR) is 69.6 cm³/mol. The summed E-state index contributed by atoms with van der Waals surface area (Å²) in [5, 5.41) is 4.62. The van der Waals surface area contributed by atoms with Crippen LogP contribution < -0.4 is 5.32 Å². The zero-order chi connectivity index (χ0) is 10.4. The molecule has 14 heavy (non-hydrogen) atoms. The lowest BCUT2D eigenvalue weighted by atomic mass is 10.3. The molecule has 0 aliphatic carbocycles. The van der Waals surface area contributed by atoms with Crippen LogP contribution in [0.25, 0.3) is 0 Å². The van der Waals surface area contributed by atoms with E-state index in [0.29, 0.717) is 12.1 Å². The highest BCUT2D eigenvalue weighted by molar-refractivity contribution is 8.13. The first-order chi connectivity index (χ1) is 6.72. The van der Waals surface area contributed by atoms with E-state index in [9.17, 15) is 0 Å². The van der Waals surface area contributed by atoms with Crippen LogP contribution in [0.15, 0.2) is 4.99 Å². The van der Waals surface area contributed by atoms with Gasteiger partial charge < -0.3 is 5.32 Å². The summed E-state index contributed by atoms with van der Waals surface area (Å²) in [6.07, 6.45) is 1.22. The normalized spacial score (nSPS) is 24.2. The van der Waals surface area contributed by atoms with Crippen molar-refractivity contribution in [1.29, 1.82) is 0 Å². The second-order valence-electron chi connectivity index (χ2n) is 3.63. The van der Waals surface area contributed by atoms with E-state index in [-0.39, 0.29) is 0 Å². The van der Waals surface area contributed by atoms with Crippen molar-refractivity contribution >= 4 is 28.7 Å². The highest BCUT2D eigenvalue weighted by Crippen LogP contribution is 2.16. The summed E-state index contributed by atoms with van der Waals surface area (Å²) in [6.45, 7) is 6.62. The van der Waals surface area contributed by atoms with E-state index in [0.717, 1.165) is 5.17 Å². The van der Waals surface area contributed by atoms with Gasteiger partial charge in [-0.2, -0.15) is 11.8 Å². The first kappa shape index (κ1) is 12.2. The minimum atomic E-state index is 0.504. The monoisotopic (exact) mass is 232 g/mol. The van der Waals surface area contributed by atoms with Gasteiger partial charge in [-0.05, 0) is 26.0 Å². The van der Waals surface area contributed by atoms with Crippen LogP contribution in [0.1, 0.15) is 27.2 Å². The fourth-order valence-corrected chi connectivity index (χ4v) is 3.12. The average molecular weight is 232 g/mol. The van der Waals surface area contributed by atoms with Gasteiger partial charge in [0.2, 0.25) is 0 Å². The fraction of sp³-hybridized carbons (Fsp3) is 0.900. The minimum absolute atomic E-state index is 0.504. The molecule has 1 aliphatic heterocycles. The maximum absolute atomic E-state index is 4.59. The molecule has 1 aliphatic rings. The zero-order valence-electron chi connectivity index (χ0n) is 9.25. The second kappa shape index (κ2) is 6.62. The Hall–Kier alpha value is 0.170. The Kier molecular flexibility index (Phi) is 5.78. The van der Waals surface area contributed by atoms with Gasteiger partial charge in [0.25, 0.3) is 0 Å². The quantitative estimate of drug-likeness (QED) is 0.806. The number of amidine groups is 1. The van der Waals surface area contributed by atoms with Gasteiger partial charge in [-0.25, -0.2) is 0 Å². The Morgan fingerprint density at radius 1 is 1.71 bits per heavy atom. The van der Waals surface area contributed by atoms with Crippen molar-refractivity contribution in [3.63, 3.8) is 0 Å². The Morgan fingerprint density at radius 3 is 3.14 bits per heavy atom. The van der Waals surface area contributed by atoms with Crippen molar-refractivity contribution in [1.82, 2.24) is 5.32 Å². The van der Waals surface area contributed by atoms with E-state index in [1.54, 1.807) is 0 Å². The molecule has 1 N–H and O–H groups in total. The number of aliphatic imine (C=N–C) groups is 1. The maximum atomic E-state index is 4.59. The molecule has 2 nitrogen and oxygen atoms in total. The molecule has 2 unspecified atom stereocenters. The third-order valence-electron chi connectivity index (χ3n) is 2.05. The van der Waals surface area contributed by atoms with Gasteiger partial charge in [0.05, 0.1) is 6.04 Å². The molecule has 4 heteroatoms. The van der Waals surface area contributed by atoms with Crippen LogP contribution in [-0.4, -0.2) is 34.5 Å². The maximum Gasteiger partial charge on any atom is 0.157 e. The lowest BCUT2D eigenvalue weighted by molar-refractivity contribution is 0.693. The van der Waals surface area contributed by atoms with Crippen LogP contribution in [0.2, 0.25) is 0 Å². The van der Waals surface area contributed by atoms with E-state index in [4.69, 9.17) is 0 Å². The van der Waals surface area contributed by atoms with Gasteiger partial charge in [-0.15, -0.1) is 0 Å². The summed E-state index contributed by atoms with van der Waals surface area (Å²) >= 11 is 3.84. The van der Waals surface area contributed by atoms with E-state index < -0.39 is 0 Å². The van der Waals surface area contributed by atoms with Crippen molar-refractivity contribution in [2.24, 2.45) is 4.99 Å². The molecule has 1 rings (SSSR count). The minimum Gasteiger partial charge on any atom is -0.362 e. The van der Waals surface area contributed by atoms with E-state index in [2.05, 4.69) is 31.1 Å². The molecule has 0 bridgehead atoms. The molecular weight excluding hydrogens is 212 g/mol. The zero-order valence-corrected chi connectivity index (χ0v) is 10.9. The first-order valence-corrected chi connectivity index (χ1v) is 7.41. The molecule has 1 heterocycles. The van der Waals surface area contributed by atoms with Crippen LogP contribution in [0, 0.1) is 0 Å². The number of nitrogens with zero attached hydrogens (tertiary/aromatic N) is 1. The van der Waals surface area contributed by atoms with Gasteiger partial charge in [0.1, 0.15) is 0 Å². The van der Waals surface area contributed by atoms with Gasteiger partial charge in [0.15, 0.2) is 5.17 Å². The van der Waals surface area contributed by atoms with Crippen molar-refractivity contribution < 1.29 is 0 Å². The molecule has 0 aromatic heterocycles. The lowest BCUT2D eigenvalue weighted by Crippen LogP contribution is -2.35. The van der Waals surface area contributed by atoms with E-state index in [1.807, 2.05) is 23.5 Å². The summed E-state index contributed by atoms with van der Waals surface area (Å²) < 4.78 is 0. The lowest BCUT2D eigenvalue weighted by Gasteiger charge is -2.21. The van der Waals surface area contributed by atoms with Gasteiger partial charge >= 0.3 is 0 Å². The second-order valence-corrected chi connectivity index (χ2v) is 6.03. The number of rotatable bonds is 4. The molecule has 0 radical (unpaired) electrons. The Morgan fingerprint density at radius 2 is 2.50 bits per heavy atom. The standard InChI is InChI=1S/C10H20N2S2/c1-4-13-7-9(3)12-10-11-8(2)5-6-14-10/h8-9H,4-7H2,1-3H3,(H,11,12). The number of hydrogen-bond donors (Lipinski definition) is 1. The molecule has 0 saturated carbocycles. The molecule has 0 spiro atoms. The molecule has 82 valence electrons.